The minimum atomic E-state index is -0.0652. The highest BCUT2D eigenvalue weighted by Crippen LogP contribution is 2.35. The van der Waals surface area contributed by atoms with E-state index in [1.165, 1.54) is 6.42 Å². The van der Waals surface area contributed by atoms with Crippen molar-refractivity contribution in [3.8, 4) is 0 Å². The molecule has 0 radical (unpaired) electrons. The summed E-state index contributed by atoms with van der Waals surface area (Å²) >= 11 is 0. The highest BCUT2D eigenvalue weighted by atomic mass is 16.5. The van der Waals surface area contributed by atoms with Crippen LogP contribution in [0.3, 0.4) is 0 Å². The molecular weight excluding hydrogens is 280 g/mol. The first kappa shape index (κ1) is 15.0. The standard InChI is InChI=1S/C15H24N6O/c1-22-15(4-2-5-15)12-19-13(16)20-8-10-21(11-9-20)14-17-6-3-7-18-14/h3,6-7H,2,4-5,8-12H2,1H3,(H2,16,19). The summed E-state index contributed by atoms with van der Waals surface area (Å²) in [6.45, 7) is 4.06. The topological polar surface area (TPSA) is 79.9 Å². The average Bonchev–Trinajstić information content (AvgIpc) is 2.55. The number of aliphatic imine (C=N–C) groups is 1. The Kier molecular flexibility index (Phi) is 4.42. The fourth-order valence-electron chi connectivity index (χ4n) is 2.91. The number of hydrogen-bond donors (Lipinski definition) is 1. The molecule has 22 heavy (non-hydrogen) atoms. The van der Waals surface area contributed by atoms with Crippen LogP contribution in [0.1, 0.15) is 19.3 Å². The molecule has 1 aliphatic carbocycles. The van der Waals surface area contributed by atoms with Crippen LogP contribution >= 0.6 is 0 Å². The molecule has 2 aliphatic rings. The minimum absolute atomic E-state index is 0.0652. The van der Waals surface area contributed by atoms with E-state index in [1.54, 1.807) is 19.5 Å². The van der Waals surface area contributed by atoms with E-state index in [0.29, 0.717) is 12.5 Å². The maximum atomic E-state index is 6.14. The Bertz CT molecular complexity index is 503. The summed E-state index contributed by atoms with van der Waals surface area (Å²) < 4.78 is 5.58. The molecule has 2 heterocycles. The van der Waals surface area contributed by atoms with E-state index < -0.39 is 0 Å². The Hall–Kier alpha value is -1.89. The number of nitrogens with two attached hydrogens (primary N) is 1. The highest BCUT2D eigenvalue weighted by molar-refractivity contribution is 5.78. The molecule has 1 aliphatic heterocycles. The molecular formula is C15H24N6O. The monoisotopic (exact) mass is 304 g/mol. The number of aromatic nitrogens is 2. The van der Waals surface area contributed by atoms with Gasteiger partial charge in [-0.1, -0.05) is 0 Å². The first-order valence-corrected chi connectivity index (χ1v) is 7.84. The van der Waals surface area contributed by atoms with Crippen molar-refractivity contribution in [3.05, 3.63) is 18.5 Å². The van der Waals surface area contributed by atoms with Gasteiger partial charge in [0.2, 0.25) is 5.95 Å². The van der Waals surface area contributed by atoms with Crippen molar-refractivity contribution in [1.29, 1.82) is 0 Å². The van der Waals surface area contributed by atoms with E-state index in [0.717, 1.165) is 45.0 Å². The van der Waals surface area contributed by atoms with Gasteiger partial charge in [0.15, 0.2) is 5.96 Å². The van der Waals surface area contributed by atoms with E-state index in [2.05, 4.69) is 24.8 Å². The Morgan fingerprint density at radius 1 is 1.27 bits per heavy atom. The second kappa shape index (κ2) is 6.48. The predicted octanol–water partition coefficient (Wildman–Crippen LogP) is 0.482. The molecule has 0 atom stereocenters. The van der Waals surface area contributed by atoms with Crippen LogP contribution in [0.15, 0.2) is 23.5 Å². The maximum absolute atomic E-state index is 6.14. The van der Waals surface area contributed by atoms with E-state index in [-0.39, 0.29) is 5.60 Å². The van der Waals surface area contributed by atoms with E-state index >= 15 is 0 Å². The quantitative estimate of drug-likeness (QED) is 0.644. The molecule has 3 rings (SSSR count). The second-order valence-corrected chi connectivity index (χ2v) is 5.94. The van der Waals surface area contributed by atoms with Crippen molar-refractivity contribution >= 4 is 11.9 Å². The molecule has 1 saturated carbocycles. The molecule has 7 heteroatoms. The van der Waals surface area contributed by atoms with Crippen molar-refractivity contribution in [2.45, 2.75) is 24.9 Å². The number of guanidine groups is 1. The minimum Gasteiger partial charge on any atom is -0.376 e. The summed E-state index contributed by atoms with van der Waals surface area (Å²) in [6, 6.07) is 1.83. The Labute approximate surface area is 131 Å². The van der Waals surface area contributed by atoms with Gasteiger partial charge in [-0.3, -0.25) is 4.99 Å². The molecule has 1 saturated heterocycles. The van der Waals surface area contributed by atoms with Crippen LogP contribution < -0.4 is 10.6 Å². The lowest BCUT2D eigenvalue weighted by Gasteiger charge is -2.40. The number of hydrogen-bond acceptors (Lipinski definition) is 5. The molecule has 7 nitrogen and oxygen atoms in total. The zero-order valence-corrected chi connectivity index (χ0v) is 13.1. The molecule has 0 amide bonds. The summed E-state index contributed by atoms with van der Waals surface area (Å²) in [5.74, 6) is 1.41. The Balaban J connectivity index is 1.52. The zero-order valence-electron chi connectivity index (χ0n) is 13.1. The van der Waals surface area contributed by atoms with Crippen molar-refractivity contribution < 1.29 is 4.74 Å². The summed E-state index contributed by atoms with van der Waals surface area (Å²) in [4.78, 5) is 17.4. The van der Waals surface area contributed by atoms with E-state index in [9.17, 15) is 0 Å². The summed E-state index contributed by atoms with van der Waals surface area (Å²) in [7, 11) is 1.77. The molecule has 0 aromatic carbocycles. The fourth-order valence-corrected chi connectivity index (χ4v) is 2.91. The van der Waals surface area contributed by atoms with Crippen molar-refractivity contribution in [1.82, 2.24) is 14.9 Å². The number of piperazine rings is 1. The summed E-state index contributed by atoms with van der Waals surface area (Å²) in [6.07, 6.45) is 6.93. The van der Waals surface area contributed by atoms with Gasteiger partial charge in [-0.05, 0) is 25.3 Å². The molecule has 120 valence electrons. The third-order valence-corrected chi connectivity index (χ3v) is 4.67. The first-order chi connectivity index (χ1) is 10.7. The van der Waals surface area contributed by atoms with Gasteiger partial charge in [0, 0.05) is 45.7 Å². The van der Waals surface area contributed by atoms with Gasteiger partial charge in [0.1, 0.15) is 0 Å². The largest absolute Gasteiger partial charge is 0.376 e. The zero-order chi connectivity index (χ0) is 15.4. The van der Waals surface area contributed by atoms with E-state index in [4.69, 9.17) is 10.5 Å². The third-order valence-electron chi connectivity index (χ3n) is 4.67. The Morgan fingerprint density at radius 2 is 1.95 bits per heavy atom. The smallest absolute Gasteiger partial charge is 0.225 e. The van der Waals surface area contributed by atoms with Crippen molar-refractivity contribution in [2.24, 2.45) is 10.7 Å². The van der Waals surface area contributed by atoms with Gasteiger partial charge in [0.25, 0.3) is 0 Å². The molecule has 1 aromatic rings. The summed E-state index contributed by atoms with van der Waals surface area (Å²) in [5, 5.41) is 0. The van der Waals surface area contributed by atoms with Crippen molar-refractivity contribution in [3.63, 3.8) is 0 Å². The maximum Gasteiger partial charge on any atom is 0.225 e. The Morgan fingerprint density at radius 3 is 2.50 bits per heavy atom. The lowest BCUT2D eigenvalue weighted by Crippen LogP contribution is -2.52. The van der Waals surface area contributed by atoms with Gasteiger partial charge in [0.05, 0.1) is 12.1 Å². The van der Waals surface area contributed by atoms with Gasteiger partial charge in [-0.2, -0.15) is 0 Å². The fraction of sp³-hybridized carbons (Fsp3) is 0.667. The van der Waals surface area contributed by atoms with Crippen LogP contribution in [0.4, 0.5) is 5.95 Å². The SMILES string of the molecule is COC1(CN=C(N)N2CCN(c3ncccn3)CC2)CCC1. The highest BCUT2D eigenvalue weighted by Gasteiger charge is 2.37. The number of anilines is 1. The lowest BCUT2D eigenvalue weighted by molar-refractivity contribution is -0.0631. The second-order valence-electron chi connectivity index (χ2n) is 5.94. The molecule has 0 unspecified atom stereocenters. The number of rotatable bonds is 4. The van der Waals surface area contributed by atoms with Gasteiger partial charge >= 0.3 is 0 Å². The normalized spacial score (nSPS) is 21.6. The molecule has 2 fully saturated rings. The van der Waals surface area contributed by atoms with Crippen LogP contribution in [-0.4, -0.2) is 66.3 Å². The summed E-state index contributed by atoms with van der Waals surface area (Å²) in [5.41, 5.74) is 6.08. The van der Waals surface area contributed by atoms with Crippen LogP contribution in [0, 0.1) is 0 Å². The van der Waals surface area contributed by atoms with Crippen LogP contribution in [0.5, 0.6) is 0 Å². The molecule has 0 spiro atoms. The predicted molar refractivity (Wildman–Crippen MR) is 85.9 cm³/mol. The lowest BCUT2D eigenvalue weighted by atomic mass is 9.80. The molecule has 1 aromatic heterocycles. The number of methoxy groups -OCH3 is 1. The van der Waals surface area contributed by atoms with Gasteiger partial charge < -0.3 is 20.3 Å². The van der Waals surface area contributed by atoms with Crippen LogP contribution in [0.2, 0.25) is 0 Å². The number of nitrogens with zero attached hydrogens (tertiary/aromatic N) is 5. The van der Waals surface area contributed by atoms with Crippen molar-refractivity contribution in [2.75, 3.05) is 44.7 Å². The number of ether oxygens (including phenoxy) is 1. The average molecular weight is 304 g/mol. The van der Waals surface area contributed by atoms with E-state index in [1.807, 2.05) is 6.07 Å². The molecule has 2 N–H and O–H groups in total. The molecule has 0 bridgehead atoms. The van der Waals surface area contributed by atoms with Gasteiger partial charge in [-0.15, -0.1) is 0 Å². The first-order valence-electron chi connectivity index (χ1n) is 7.84. The van der Waals surface area contributed by atoms with Crippen LogP contribution in [0.25, 0.3) is 0 Å². The van der Waals surface area contributed by atoms with Crippen LogP contribution in [-0.2, 0) is 4.74 Å². The van der Waals surface area contributed by atoms with Gasteiger partial charge in [-0.25, -0.2) is 9.97 Å². The third kappa shape index (κ3) is 3.14.